The first-order valence-corrected chi connectivity index (χ1v) is 10.8. The van der Waals surface area contributed by atoms with Crippen molar-refractivity contribution in [1.82, 2.24) is 15.2 Å². The second kappa shape index (κ2) is 11.2. The van der Waals surface area contributed by atoms with E-state index in [0.29, 0.717) is 13.1 Å². The van der Waals surface area contributed by atoms with Gasteiger partial charge < -0.3 is 15.0 Å². The molecule has 1 aliphatic heterocycles. The summed E-state index contributed by atoms with van der Waals surface area (Å²) in [6.45, 7) is 0.0197. The van der Waals surface area contributed by atoms with Gasteiger partial charge in [-0.25, -0.2) is 19.0 Å². The number of hydrogen-bond acceptors (Lipinski definition) is 7. The van der Waals surface area contributed by atoms with E-state index in [9.17, 15) is 23.6 Å². The summed E-state index contributed by atoms with van der Waals surface area (Å²) in [5.74, 6) is -1.10. The third-order valence-electron chi connectivity index (χ3n) is 4.56. The molecule has 3 heterocycles. The number of carbonyl (C=O) groups excluding carboxylic acids is 4. The van der Waals surface area contributed by atoms with Crippen LogP contribution >= 0.6 is 11.3 Å². The first-order chi connectivity index (χ1) is 15.5. The number of alkyl carbamates (subject to hydrolysis) is 1. The fourth-order valence-electron chi connectivity index (χ4n) is 3.01. The van der Waals surface area contributed by atoms with E-state index in [4.69, 9.17) is 0 Å². The molecule has 170 valence electrons. The molecule has 3 N–H and O–H groups in total. The summed E-state index contributed by atoms with van der Waals surface area (Å²) in [6.07, 6.45) is 3.31. The fraction of sp³-hybridized carbons (Fsp3) is 0.350. The molecule has 0 radical (unpaired) electrons. The van der Waals surface area contributed by atoms with Gasteiger partial charge in [-0.3, -0.25) is 20.2 Å². The van der Waals surface area contributed by atoms with E-state index in [1.165, 1.54) is 24.4 Å². The molecule has 12 heteroatoms. The number of likely N-dealkylation sites (tertiary alicyclic amines) is 1. The lowest BCUT2D eigenvalue weighted by Crippen LogP contribution is -2.38. The molecule has 0 aromatic carbocycles. The number of piperidine rings is 1. The summed E-state index contributed by atoms with van der Waals surface area (Å²) >= 11 is 1.08. The van der Waals surface area contributed by atoms with Crippen molar-refractivity contribution in [2.45, 2.75) is 19.3 Å². The molecular weight excluding hydrogens is 441 g/mol. The van der Waals surface area contributed by atoms with Crippen LogP contribution in [0.3, 0.4) is 0 Å². The number of pyridine rings is 1. The zero-order chi connectivity index (χ0) is 22.9. The number of halogens is 1. The minimum Gasteiger partial charge on any atom is -0.446 e. The lowest BCUT2D eigenvalue weighted by molar-refractivity contribution is 0.0913. The second-order valence-corrected chi connectivity index (χ2v) is 7.72. The van der Waals surface area contributed by atoms with Crippen molar-refractivity contribution in [2.75, 3.05) is 37.0 Å². The first kappa shape index (κ1) is 23.1. The van der Waals surface area contributed by atoms with Gasteiger partial charge in [0.1, 0.15) is 24.1 Å². The van der Waals surface area contributed by atoms with Gasteiger partial charge in [-0.15, -0.1) is 11.3 Å². The van der Waals surface area contributed by atoms with Gasteiger partial charge in [-0.05, 0) is 42.8 Å². The Hall–Kier alpha value is -3.54. The summed E-state index contributed by atoms with van der Waals surface area (Å²) in [5, 5.41) is 9.03. The van der Waals surface area contributed by atoms with Gasteiger partial charge in [0.05, 0.1) is 5.56 Å². The molecule has 0 spiro atoms. The summed E-state index contributed by atoms with van der Waals surface area (Å²) in [6, 6.07) is 4.05. The Morgan fingerprint density at radius 2 is 1.88 bits per heavy atom. The van der Waals surface area contributed by atoms with Gasteiger partial charge in [0, 0.05) is 24.8 Å². The van der Waals surface area contributed by atoms with Crippen LogP contribution < -0.4 is 16.0 Å². The number of rotatable bonds is 6. The number of amides is 5. The van der Waals surface area contributed by atoms with Gasteiger partial charge >= 0.3 is 12.1 Å². The quantitative estimate of drug-likeness (QED) is 0.603. The molecule has 1 aliphatic rings. The minimum atomic E-state index is -1.08. The van der Waals surface area contributed by atoms with Crippen molar-refractivity contribution in [3.05, 3.63) is 40.9 Å². The fourth-order valence-corrected chi connectivity index (χ4v) is 3.79. The van der Waals surface area contributed by atoms with E-state index >= 15 is 0 Å². The average molecular weight is 463 g/mol. The van der Waals surface area contributed by atoms with Crippen LogP contribution in [0.25, 0.3) is 0 Å². The first-order valence-electron chi connectivity index (χ1n) is 9.93. The highest BCUT2D eigenvalue weighted by molar-refractivity contribution is 7.14. The number of carbonyl (C=O) groups is 4. The van der Waals surface area contributed by atoms with Crippen molar-refractivity contribution >= 4 is 46.1 Å². The Bertz CT molecular complexity index is 992. The molecular formula is C20H22FN5O5S. The van der Waals surface area contributed by atoms with Crippen LogP contribution in [0.5, 0.6) is 0 Å². The Kier molecular flexibility index (Phi) is 8.08. The molecule has 3 rings (SSSR count). The molecule has 0 bridgehead atoms. The third kappa shape index (κ3) is 6.23. The largest absolute Gasteiger partial charge is 0.446 e. The Labute approximate surface area is 187 Å². The number of imide groups is 1. The molecule has 0 unspecified atom stereocenters. The van der Waals surface area contributed by atoms with Crippen LogP contribution in [0.4, 0.5) is 24.8 Å². The molecule has 32 heavy (non-hydrogen) atoms. The third-order valence-corrected chi connectivity index (χ3v) is 5.39. The highest BCUT2D eigenvalue weighted by atomic mass is 32.1. The molecule has 10 nitrogen and oxygen atoms in total. The SMILES string of the molecule is O=C(NC(=O)c1ccsc1NC(=O)c1ccnc(NC(=O)N2CCCCC2)c1)OCCF. The molecule has 5 amide bonds. The number of nitrogens with one attached hydrogen (secondary N) is 3. The van der Waals surface area contributed by atoms with Crippen LogP contribution in [0.1, 0.15) is 40.0 Å². The standard InChI is InChI=1S/C20H22FN5O5S/c21-6-10-31-20(30)25-17(28)14-5-11-32-18(14)24-16(27)13-4-7-22-15(12-13)23-19(29)26-8-2-1-3-9-26/h4-5,7,11-12H,1-3,6,8-10H2,(H,24,27)(H,22,23,29)(H,25,28,30). The number of alkyl halides is 1. The summed E-state index contributed by atoms with van der Waals surface area (Å²) in [7, 11) is 0. The van der Waals surface area contributed by atoms with E-state index in [0.717, 1.165) is 30.6 Å². The maximum absolute atomic E-state index is 12.7. The molecule has 1 fully saturated rings. The Balaban J connectivity index is 1.62. The van der Waals surface area contributed by atoms with Crippen molar-refractivity contribution in [3.8, 4) is 0 Å². The zero-order valence-electron chi connectivity index (χ0n) is 17.1. The van der Waals surface area contributed by atoms with Crippen molar-refractivity contribution < 1.29 is 28.3 Å². The average Bonchev–Trinajstić information content (AvgIpc) is 3.26. The molecule has 2 aromatic rings. The number of aromatic nitrogens is 1. The number of nitrogens with zero attached hydrogens (tertiary/aromatic N) is 2. The monoisotopic (exact) mass is 463 g/mol. The normalized spacial score (nSPS) is 13.2. The van der Waals surface area contributed by atoms with Crippen LogP contribution in [0.15, 0.2) is 29.8 Å². The molecule has 0 atom stereocenters. The zero-order valence-corrected chi connectivity index (χ0v) is 17.9. The summed E-state index contributed by atoms with van der Waals surface area (Å²) in [5.41, 5.74) is 0.268. The molecule has 0 aliphatic carbocycles. The van der Waals surface area contributed by atoms with Crippen molar-refractivity contribution in [3.63, 3.8) is 0 Å². The van der Waals surface area contributed by atoms with E-state index < -0.39 is 31.2 Å². The summed E-state index contributed by atoms with van der Waals surface area (Å²) < 4.78 is 16.5. The summed E-state index contributed by atoms with van der Waals surface area (Å²) in [4.78, 5) is 54.5. The highest BCUT2D eigenvalue weighted by Gasteiger charge is 2.20. The lowest BCUT2D eigenvalue weighted by atomic mass is 10.1. The van der Waals surface area contributed by atoms with Crippen LogP contribution in [-0.4, -0.2) is 60.2 Å². The number of ether oxygens (including phenoxy) is 1. The topological polar surface area (TPSA) is 130 Å². The van der Waals surface area contributed by atoms with Gasteiger partial charge in [-0.1, -0.05) is 0 Å². The number of anilines is 2. The van der Waals surface area contributed by atoms with E-state index in [2.05, 4.69) is 20.4 Å². The van der Waals surface area contributed by atoms with Crippen molar-refractivity contribution in [1.29, 1.82) is 0 Å². The van der Waals surface area contributed by atoms with E-state index in [1.807, 2.05) is 5.32 Å². The maximum Gasteiger partial charge on any atom is 0.414 e. The van der Waals surface area contributed by atoms with Crippen LogP contribution in [0.2, 0.25) is 0 Å². The van der Waals surface area contributed by atoms with Gasteiger partial charge in [0.15, 0.2) is 0 Å². The van der Waals surface area contributed by atoms with Crippen LogP contribution in [-0.2, 0) is 4.74 Å². The van der Waals surface area contributed by atoms with E-state index in [-0.39, 0.29) is 28.0 Å². The predicted octanol–water partition coefficient (Wildman–Crippen LogP) is 3.25. The lowest BCUT2D eigenvalue weighted by Gasteiger charge is -2.26. The predicted molar refractivity (Wildman–Crippen MR) is 116 cm³/mol. The van der Waals surface area contributed by atoms with Gasteiger partial charge in [0.25, 0.3) is 11.8 Å². The number of urea groups is 1. The molecule has 2 aromatic heterocycles. The molecule has 1 saturated heterocycles. The van der Waals surface area contributed by atoms with Crippen molar-refractivity contribution in [2.24, 2.45) is 0 Å². The Morgan fingerprint density at radius 1 is 1.09 bits per heavy atom. The highest BCUT2D eigenvalue weighted by Crippen LogP contribution is 2.24. The number of hydrogen-bond donors (Lipinski definition) is 3. The smallest absolute Gasteiger partial charge is 0.414 e. The maximum atomic E-state index is 12.7. The Morgan fingerprint density at radius 3 is 2.62 bits per heavy atom. The second-order valence-electron chi connectivity index (χ2n) is 6.80. The van der Waals surface area contributed by atoms with Gasteiger partial charge in [0.2, 0.25) is 0 Å². The van der Waals surface area contributed by atoms with Gasteiger partial charge in [-0.2, -0.15) is 0 Å². The molecule has 0 saturated carbocycles. The van der Waals surface area contributed by atoms with Crippen LogP contribution in [0, 0.1) is 0 Å². The number of thiophene rings is 1. The minimum absolute atomic E-state index is 0.0493. The van der Waals surface area contributed by atoms with E-state index in [1.54, 1.807) is 10.3 Å².